The minimum absolute atomic E-state index is 0.0189. The first-order valence-electron chi connectivity index (χ1n) is 7.10. The summed E-state index contributed by atoms with van der Waals surface area (Å²) in [6, 6.07) is 3.00. The van der Waals surface area contributed by atoms with Crippen molar-refractivity contribution in [3.8, 4) is 0 Å². The van der Waals surface area contributed by atoms with Crippen molar-refractivity contribution in [2.24, 2.45) is 0 Å². The Hall–Kier alpha value is -0.820. The molecule has 1 aromatic carbocycles. The monoisotopic (exact) mass is 330 g/mol. The minimum atomic E-state index is -3.60. The van der Waals surface area contributed by atoms with Gasteiger partial charge in [0, 0.05) is 17.3 Å². The average Bonchev–Trinajstić information content (AvgIpc) is 2.90. The summed E-state index contributed by atoms with van der Waals surface area (Å²) in [6.45, 7) is 2.54. The molecule has 2 fully saturated rings. The highest BCUT2D eigenvalue weighted by atomic mass is 35.5. The van der Waals surface area contributed by atoms with Crippen LogP contribution in [0.2, 0.25) is 5.02 Å². The van der Waals surface area contributed by atoms with Crippen molar-refractivity contribution in [2.45, 2.75) is 43.2 Å². The second-order valence-corrected chi connectivity index (χ2v) is 7.94. The highest BCUT2D eigenvalue weighted by Gasteiger charge is 2.42. The van der Waals surface area contributed by atoms with Crippen LogP contribution < -0.4 is 5.73 Å². The molecule has 0 radical (unpaired) electrons. The molecular weight excluding hydrogens is 312 g/mol. The van der Waals surface area contributed by atoms with Crippen molar-refractivity contribution in [1.82, 2.24) is 4.31 Å². The van der Waals surface area contributed by atoms with E-state index >= 15 is 0 Å². The zero-order valence-electron chi connectivity index (χ0n) is 11.9. The molecule has 0 aromatic heterocycles. The molecule has 1 aromatic rings. The summed E-state index contributed by atoms with van der Waals surface area (Å²) in [4.78, 5) is 0.208. The quantitative estimate of drug-likeness (QED) is 0.843. The molecule has 1 aliphatic heterocycles. The Balaban J connectivity index is 2.04. The van der Waals surface area contributed by atoms with Crippen molar-refractivity contribution in [2.75, 3.05) is 18.9 Å². The smallest absolute Gasteiger partial charge is 0.243 e. The number of rotatable bonds is 2. The lowest BCUT2D eigenvalue weighted by Crippen LogP contribution is -2.51. The normalized spacial score (nSPS) is 26.8. The Labute approximate surface area is 130 Å². The SMILES string of the molecule is Cc1c(N)cc(Cl)cc1S(=O)(=O)N1CCOC2CCCC21. The van der Waals surface area contributed by atoms with E-state index in [-0.39, 0.29) is 17.0 Å². The average molecular weight is 331 g/mol. The second kappa shape index (κ2) is 5.43. The van der Waals surface area contributed by atoms with Crippen LogP contribution in [0.5, 0.6) is 0 Å². The predicted octanol–water partition coefficient (Wildman–Crippen LogP) is 2.17. The van der Waals surface area contributed by atoms with Crippen LogP contribution in [0.1, 0.15) is 24.8 Å². The number of nitrogen functional groups attached to an aromatic ring is 1. The van der Waals surface area contributed by atoms with Crippen LogP contribution in [-0.2, 0) is 14.8 Å². The minimum Gasteiger partial charge on any atom is -0.398 e. The van der Waals surface area contributed by atoms with Crippen LogP contribution in [0, 0.1) is 6.92 Å². The standard InChI is InChI=1S/C14H19ClN2O3S/c1-9-11(16)7-10(15)8-14(9)21(18,19)17-5-6-20-13-4-2-3-12(13)17/h7-8,12-13H,2-6,16H2,1H3. The van der Waals surface area contributed by atoms with E-state index in [2.05, 4.69) is 0 Å². The van der Waals surface area contributed by atoms with Crippen molar-refractivity contribution in [3.63, 3.8) is 0 Å². The first-order chi connectivity index (χ1) is 9.91. The molecule has 21 heavy (non-hydrogen) atoms. The molecule has 1 heterocycles. The van der Waals surface area contributed by atoms with E-state index in [1.807, 2.05) is 0 Å². The van der Waals surface area contributed by atoms with E-state index in [1.165, 1.54) is 6.07 Å². The lowest BCUT2D eigenvalue weighted by Gasteiger charge is -2.36. The molecule has 2 N–H and O–H groups in total. The number of hydrogen-bond donors (Lipinski definition) is 1. The van der Waals surface area contributed by atoms with Gasteiger partial charge in [-0.1, -0.05) is 11.6 Å². The molecule has 116 valence electrons. The molecular formula is C14H19ClN2O3S. The molecule has 2 aliphatic rings. The van der Waals surface area contributed by atoms with Gasteiger partial charge in [-0.05, 0) is 43.9 Å². The van der Waals surface area contributed by atoms with Crippen LogP contribution in [0.4, 0.5) is 5.69 Å². The van der Waals surface area contributed by atoms with Crippen LogP contribution in [-0.4, -0.2) is 38.0 Å². The predicted molar refractivity (Wildman–Crippen MR) is 81.9 cm³/mol. The largest absolute Gasteiger partial charge is 0.398 e. The molecule has 2 atom stereocenters. The van der Waals surface area contributed by atoms with Crippen LogP contribution >= 0.6 is 11.6 Å². The summed E-state index contributed by atoms with van der Waals surface area (Å²) in [5, 5.41) is 0.341. The zero-order chi connectivity index (χ0) is 15.2. The van der Waals surface area contributed by atoms with Gasteiger partial charge in [0.25, 0.3) is 0 Å². The highest BCUT2D eigenvalue weighted by Crippen LogP contribution is 2.35. The third-order valence-electron chi connectivity index (χ3n) is 4.38. The van der Waals surface area contributed by atoms with Crippen molar-refractivity contribution in [3.05, 3.63) is 22.7 Å². The molecule has 1 aliphatic carbocycles. The Bertz CT molecular complexity index is 662. The molecule has 3 rings (SSSR count). The van der Waals surface area contributed by atoms with Gasteiger partial charge < -0.3 is 10.5 Å². The maximum atomic E-state index is 13.0. The fraction of sp³-hybridized carbons (Fsp3) is 0.571. The van der Waals surface area contributed by atoms with Crippen LogP contribution in [0.15, 0.2) is 17.0 Å². The van der Waals surface area contributed by atoms with Gasteiger partial charge in [0.2, 0.25) is 10.0 Å². The number of fused-ring (bicyclic) bond motifs is 1. The molecule has 1 saturated heterocycles. The van der Waals surface area contributed by atoms with Gasteiger partial charge in [-0.25, -0.2) is 8.42 Å². The Morgan fingerprint density at radius 3 is 2.90 bits per heavy atom. The van der Waals surface area contributed by atoms with E-state index in [4.69, 9.17) is 22.1 Å². The first-order valence-corrected chi connectivity index (χ1v) is 8.92. The van der Waals surface area contributed by atoms with E-state index in [0.29, 0.717) is 29.4 Å². The van der Waals surface area contributed by atoms with Crippen molar-refractivity contribution >= 4 is 27.3 Å². The molecule has 0 amide bonds. The summed E-state index contributed by atoms with van der Waals surface area (Å²) in [5.74, 6) is 0. The second-order valence-electron chi connectivity index (χ2n) is 5.64. The van der Waals surface area contributed by atoms with Gasteiger partial charge >= 0.3 is 0 Å². The van der Waals surface area contributed by atoms with Crippen LogP contribution in [0.25, 0.3) is 0 Å². The van der Waals surface area contributed by atoms with E-state index in [1.54, 1.807) is 17.3 Å². The molecule has 0 bridgehead atoms. The molecule has 1 saturated carbocycles. The third-order valence-corrected chi connectivity index (χ3v) is 6.65. The van der Waals surface area contributed by atoms with Gasteiger partial charge in [0.05, 0.1) is 23.6 Å². The number of sulfonamides is 1. The molecule has 7 heteroatoms. The Kier molecular flexibility index (Phi) is 3.90. The van der Waals surface area contributed by atoms with Gasteiger partial charge in [-0.15, -0.1) is 0 Å². The summed E-state index contributed by atoms with van der Waals surface area (Å²) in [7, 11) is -3.60. The number of nitrogens with two attached hydrogens (primary N) is 1. The summed E-state index contributed by atoms with van der Waals surface area (Å²) in [5.41, 5.74) is 6.82. The topological polar surface area (TPSA) is 72.6 Å². The number of halogens is 1. The summed E-state index contributed by atoms with van der Waals surface area (Å²) in [6.07, 6.45) is 2.79. The van der Waals surface area contributed by atoms with E-state index in [9.17, 15) is 8.42 Å². The fourth-order valence-electron chi connectivity index (χ4n) is 3.26. The van der Waals surface area contributed by atoms with E-state index in [0.717, 1.165) is 19.3 Å². The number of morpholine rings is 1. The van der Waals surface area contributed by atoms with Gasteiger partial charge in [0.1, 0.15) is 0 Å². The summed E-state index contributed by atoms with van der Waals surface area (Å²) < 4.78 is 33.3. The van der Waals surface area contributed by atoms with Gasteiger partial charge in [-0.3, -0.25) is 0 Å². The fourth-order valence-corrected chi connectivity index (χ4v) is 5.49. The van der Waals surface area contributed by atoms with Crippen molar-refractivity contribution in [1.29, 1.82) is 0 Å². The van der Waals surface area contributed by atoms with Gasteiger partial charge in [-0.2, -0.15) is 4.31 Å². The summed E-state index contributed by atoms with van der Waals surface area (Å²) >= 11 is 5.99. The zero-order valence-corrected chi connectivity index (χ0v) is 13.5. The van der Waals surface area contributed by atoms with Gasteiger partial charge in [0.15, 0.2) is 0 Å². The van der Waals surface area contributed by atoms with E-state index < -0.39 is 10.0 Å². The number of anilines is 1. The first kappa shape index (κ1) is 15.1. The number of nitrogens with zero attached hydrogens (tertiary/aromatic N) is 1. The highest BCUT2D eigenvalue weighted by molar-refractivity contribution is 7.89. The number of benzene rings is 1. The molecule has 0 spiro atoms. The maximum Gasteiger partial charge on any atom is 0.243 e. The third kappa shape index (κ3) is 2.54. The lowest BCUT2D eigenvalue weighted by molar-refractivity contribution is -0.0241. The number of ether oxygens (including phenoxy) is 1. The lowest BCUT2D eigenvalue weighted by atomic mass is 10.2. The molecule has 2 unspecified atom stereocenters. The Morgan fingerprint density at radius 1 is 1.38 bits per heavy atom. The van der Waals surface area contributed by atoms with Crippen LogP contribution in [0.3, 0.4) is 0 Å². The maximum absolute atomic E-state index is 13.0. The van der Waals surface area contributed by atoms with Crippen molar-refractivity contribution < 1.29 is 13.2 Å². The Morgan fingerprint density at radius 2 is 2.14 bits per heavy atom. The number of hydrogen-bond acceptors (Lipinski definition) is 4. The molecule has 5 nitrogen and oxygen atoms in total.